The Kier molecular flexibility index (Phi) is 3.08. The number of halogens is 2. The second-order valence-corrected chi connectivity index (χ2v) is 4.62. The highest BCUT2D eigenvalue weighted by Gasteiger charge is 2.43. The van der Waals surface area contributed by atoms with Gasteiger partial charge in [0.2, 0.25) is 5.92 Å². The second-order valence-electron chi connectivity index (χ2n) is 4.62. The normalized spacial score (nSPS) is 22.1. The Hall–Kier alpha value is -1.16. The summed E-state index contributed by atoms with van der Waals surface area (Å²) in [4.78, 5) is 0. The van der Waals surface area contributed by atoms with Gasteiger partial charge in [-0.25, -0.2) is 8.78 Å². The van der Waals surface area contributed by atoms with Crippen molar-refractivity contribution in [3.8, 4) is 5.75 Å². The lowest BCUT2D eigenvalue weighted by Gasteiger charge is -2.36. The predicted molar refractivity (Wildman–Crippen MR) is 60.3 cm³/mol. The van der Waals surface area contributed by atoms with E-state index in [1.165, 1.54) is 7.11 Å². The van der Waals surface area contributed by atoms with Crippen LogP contribution in [0.15, 0.2) is 24.3 Å². The Morgan fingerprint density at radius 2 is 1.82 bits per heavy atom. The van der Waals surface area contributed by atoms with Crippen molar-refractivity contribution >= 4 is 0 Å². The van der Waals surface area contributed by atoms with Crippen molar-refractivity contribution in [2.24, 2.45) is 0 Å². The molecule has 0 radical (unpaired) electrons. The predicted octanol–water partition coefficient (Wildman–Crippen LogP) is 3.09. The molecule has 0 spiro atoms. The van der Waals surface area contributed by atoms with E-state index in [2.05, 4.69) is 0 Å². The average molecular weight is 242 g/mol. The molecule has 1 fully saturated rings. The molecule has 1 N–H and O–H groups in total. The Morgan fingerprint density at radius 3 is 2.41 bits per heavy atom. The van der Waals surface area contributed by atoms with Gasteiger partial charge in [-0.1, -0.05) is 12.1 Å². The molecule has 0 unspecified atom stereocenters. The minimum Gasteiger partial charge on any atom is -0.497 e. The van der Waals surface area contributed by atoms with Crippen LogP contribution in [0.3, 0.4) is 0 Å². The summed E-state index contributed by atoms with van der Waals surface area (Å²) in [6, 6.07) is 7.00. The molecule has 4 heteroatoms. The molecule has 1 aliphatic rings. The monoisotopic (exact) mass is 242 g/mol. The summed E-state index contributed by atoms with van der Waals surface area (Å²) < 4.78 is 31.2. The van der Waals surface area contributed by atoms with Crippen molar-refractivity contribution in [2.75, 3.05) is 7.11 Å². The molecule has 0 atom stereocenters. The summed E-state index contributed by atoms with van der Waals surface area (Å²) >= 11 is 0. The van der Waals surface area contributed by atoms with E-state index in [-0.39, 0.29) is 25.7 Å². The fourth-order valence-corrected chi connectivity index (χ4v) is 2.23. The van der Waals surface area contributed by atoms with Crippen LogP contribution in [-0.4, -0.2) is 18.1 Å². The van der Waals surface area contributed by atoms with Gasteiger partial charge in [-0.05, 0) is 30.5 Å². The van der Waals surface area contributed by atoms with Crippen LogP contribution < -0.4 is 4.74 Å². The smallest absolute Gasteiger partial charge is 0.248 e. The maximum atomic E-state index is 13.1. The van der Waals surface area contributed by atoms with Gasteiger partial charge in [0.05, 0.1) is 12.7 Å². The quantitative estimate of drug-likeness (QED) is 0.863. The molecule has 1 aliphatic carbocycles. The maximum Gasteiger partial charge on any atom is 0.248 e. The molecule has 0 bridgehead atoms. The van der Waals surface area contributed by atoms with E-state index in [1.54, 1.807) is 24.3 Å². The van der Waals surface area contributed by atoms with E-state index in [4.69, 9.17) is 4.74 Å². The molecule has 94 valence electrons. The Balaban J connectivity index is 2.21. The van der Waals surface area contributed by atoms with Gasteiger partial charge in [0.15, 0.2) is 0 Å². The fraction of sp³-hybridized carbons (Fsp3) is 0.538. The summed E-state index contributed by atoms with van der Waals surface area (Å²) in [7, 11) is 1.54. The van der Waals surface area contributed by atoms with Crippen molar-refractivity contribution in [3.05, 3.63) is 29.8 Å². The summed E-state index contributed by atoms with van der Waals surface area (Å²) in [6.45, 7) is 0. The van der Waals surface area contributed by atoms with E-state index in [1.807, 2.05) is 0 Å². The van der Waals surface area contributed by atoms with Crippen molar-refractivity contribution in [1.29, 1.82) is 0 Å². The molecule has 1 aromatic carbocycles. The first-order chi connectivity index (χ1) is 7.95. The molecule has 1 saturated carbocycles. The number of aliphatic hydroxyl groups is 1. The van der Waals surface area contributed by atoms with Crippen LogP contribution in [0.2, 0.25) is 0 Å². The van der Waals surface area contributed by atoms with E-state index in [0.717, 1.165) is 0 Å². The summed E-state index contributed by atoms with van der Waals surface area (Å²) in [6.07, 6.45) is -0.345. The first kappa shape index (κ1) is 12.3. The molecule has 0 saturated heterocycles. The van der Waals surface area contributed by atoms with Crippen LogP contribution in [-0.2, 0) is 5.60 Å². The molecule has 0 amide bonds. The number of alkyl halides is 2. The largest absolute Gasteiger partial charge is 0.497 e. The first-order valence-corrected chi connectivity index (χ1v) is 5.70. The highest BCUT2D eigenvalue weighted by molar-refractivity contribution is 5.32. The van der Waals surface area contributed by atoms with Crippen LogP contribution in [0.4, 0.5) is 8.78 Å². The number of hydrogen-bond donors (Lipinski definition) is 1. The first-order valence-electron chi connectivity index (χ1n) is 5.70. The minimum atomic E-state index is -2.63. The highest BCUT2D eigenvalue weighted by Crippen LogP contribution is 2.44. The van der Waals surface area contributed by atoms with Gasteiger partial charge in [-0.3, -0.25) is 0 Å². The van der Waals surface area contributed by atoms with Gasteiger partial charge < -0.3 is 9.84 Å². The molecule has 0 aromatic heterocycles. The molecule has 0 heterocycles. The van der Waals surface area contributed by atoms with E-state index < -0.39 is 11.5 Å². The zero-order valence-corrected chi connectivity index (χ0v) is 9.75. The van der Waals surface area contributed by atoms with Crippen molar-refractivity contribution in [3.63, 3.8) is 0 Å². The van der Waals surface area contributed by atoms with Gasteiger partial charge in [-0.15, -0.1) is 0 Å². The Bertz CT molecular complexity index is 394. The zero-order valence-electron chi connectivity index (χ0n) is 9.75. The molecular weight excluding hydrogens is 226 g/mol. The molecule has 0 aliphatic heterocycles. The van der Waals surface area contributed by atoms with Crippen molar-refractivity contribution < 1.29 is 18.6 Å². The molecular formula is C13H16F2O2. The van der Waals surface area contributed by atoms with Gasteiger partial charge in [-0.2, -0.15) is 0 Å². The van der Waals surface area contributed by atoms with Crippen LogP contribution in [0.1, 0.15) is 31.2 Å². The van der Waals surface area contributed by atoms with Crippen LogP contribution in [0.25, 0.3) is 0 Å². The lowest BCUT2D eigenvalue weighted by Crippen LogP contribution is -2.36. The van der Waals surface area contributed by atoms with Gasteiger partial charge >= 0.3 is 0 Å². The summed E-state index contributed by atoms with van der Waals surface area (Å²) in [5.41, 5.74) is -0.483. The lowest BCUT2D eigenvalue weighted by atomic mass is 9.78. The second kappa shape index (κ2) is 4.26. The third-order valence-electron chi connectivity index (χ3n) is 3.42. The molecule has 2 rings (SSSR count). The summed E-state index contributed by atoms with van der Waals surface area (Å²) in [5.74, 6) is -2.00. The van der Waals surface area contributed by atoms with Gasteiger partial charge in [0.1, 0.15) is 5.75 Å². The van der Waals surface area contributed by atoms with E-state index in [0.29, 0.717) is 11.3 Å². The Labute approximate surface area is 99.2 Å². The van der Waals surface area contributed by atoms with Crippen molar-refractivity contribution in [1.82, 2.24) is 0 Å². The number of methoxy groups -OCH3 is 1. The van der Waals surface area contributed by atoms with E-state index >= 15 is 0 Å². The fourth-order valence-electron chi connectivity index (χ4n) is 2.23. The van der Waals surface area contributed by atoms with Crippen LogP contribution in [0.5, 0.6) is 5.75 Å². The molecule has 1 aromatic rings. The standard InChI is InChI=1S/C13H16F2O2/c1-17-11-4-2-3-10(9-11)12(16)5-7-13(14,15)8-6-12/h2-4,9,16H,5-8H2,1H3. The third-order valence-corrected chi connectivity index (χ3v) is 3.42. The molecule has 17 heavy (non-hydrogen) atoms. The summed E-state index contributed by atoms with van der Waals surface area (Å²) in [5, 5.41) is 10.4. The third kappa shape index (κ3) is 2.57. The number of ether oxygens (including phenoxy) is 1. The number of hydrogen-bond acceptors (Lipinski definition) is 2. The van der Waals surface area contributed by atoms with E-state index in [9.17, 15) is 13.9 Å². The van der Waals surface area contributed by atoms with Gasteiger partial charge in [0, 0.05) is 12.8 Å². The number of benzene rings is 1. The Morgan fingerprint density at radius 1 is 1.18 bits per heavy atom. The topological polar surface area (TPSA) is 29.5 Å². The molecule has 2 nitrogen and oxygen atoms in total. The van der Waals surface area contributed by atoms with Gasteiger partial charge in [0.25, 0.3) is 0 Å². The average Bonchev–Trinajstić information content (AvgIpc) is 2.33. The maximum absolute atomic E-state index is 13.1. The minimum absolute atomic E-state index is 0.0904. The zero-order chi connectivity index (χ0) is 12.5. The van der Waals surface area contributed by atoms with Crippen LogP contribution in [0, 0.1) is 0 Å². The highest BCUT2D eigenvalue weighted by atomic mass is 19.3. The van der Waals surface area contributed by atoms with Crippen molar-refractivity contribution in [2.45, 2.75) is 37.2 Å². The number of rotatable bonds is 2. The lowest BCUT2D eigenvalue weighted by molar-refractivity contribution is -0.107. The SMILES string of the molecule is COc1cccc(C2(O)CCC(F)(F)CC2)c1. The van der Waals surface area contributed by atoms with Crippen LogP contribution >= 0.6 is 0 Å².